The molecule has 0 aromatic heterocycles. The monoisotopic (exact) mass is 414 g/mol. The summed E-state index contributed by atoms with van der Waals surface area (Å²) in [6.45, 7) is 3.73. The maximum absolute atomic E-state index is 12.6. The fourth-order valence-electron chi connectivity index (χ4n) is 3.62. The third-order valence-corrected chi connectivity index (χ3v) is 5.09. The smallest absolute Gasteiger partial charge is 0.401 e. The van der Waals surface area contributed by atoms with Gasteiger partial charge in [0.2, 0.25) is 0 Å². The summed E-state index contributed by atoms with van der Waals surface area (Å²) in [6, 6.07) is 5.99. The lowest BCUT2D eigenvalue weighted by Crippen LogP contribution is -2.45. The lowest BCUT2D eigenvalue weighted by Gasteiger charge is -2.21. The molecule has 2 atom stereocenters. The first kappa shape index (κ1) is 21.7. The second-order valence-electron chi connectivity index (χ2n) is 7.62. The number of ether oxygens (including phenoxy) is 2. The van der Waals surface area contributed by atoms with Gasteiger partial charge in [0.1, 0.15) is 11.9 Å². The normalized spacial score (nSPS) is 23.4. The summed E-state index contributed by atoms with van der Waals surface area (Å²) in [6.07, 6.45) is -2.58. The molecule has 2 aliphatic rings. The van der Waals surface area contributed by atoms with Crippen LogP contribution in [0.25, 0.3) is 0 Å². The molecule has 1 aromatic rings. The Morgan fingerprint density at radius 2 is 2.17 bits per heavy atom. The number of halogens is 3. The molecule has 0 amide bonds. The number of aryl methyl sites for hydroxylation is 1. The SMILES string of the molecule is CN=C(NCc1ccc(C)cc1OC1CCOC1)NC1CCN(CC(F)(F)F)C1. The number of likely N-dealkylation sites (tertiary alicyclic amines) is 1. The van der Waals surface area contributed by atoms with E-state index < -0.39 is 12.7 Å². The number of hydrogen-bond donors (Lipinski definition) is 2. The van der Waals surface area contributed by atoms with E-state index in [9.17, 15) is 13.2 Å². The number of nitrogens with one attached hydrogen (secondary N) is 2. The summed E-state index contributed by atoms with van der Waals surface area (Å²) in [5.41, 5.74) is 2.11. The van der Waals surface area contributed by atoms with Crippen molar-refractivity contribution in [1.82, 2.24) is 15.5 Å². The van der Waals surface area contributed by atoms with Crippen LogP contribution in [0.3, 0.4) is 0 Å². The number of hydrogen-bond acceptors (Lipinski definition) is 4. The number of benzene rings is 1. The van der Waals surface area contributed by atoms with Crippen LogP contribution in [0.4, 0.5) is 13.2 Å². The molecule has 0 aliphatic carbocycles. The van der Waals surface area contributed by atoms with Crippen molar-refractivity contribution < 1.29 is 22.6 Å². The molecule has 1 aromatic carbocycles. The Morgan fingerprint density at radius 1 is 1.34 bits per heavy atom. The average molecular weight is 414 g/mol. The maximum Gasteiger partial charge on any atom is 0.401 e. The molecule has 162 valence electrons. The van der Waals surface area contributed by atoms with Gasteiger partial charge in [-0.2, -0.15) is 13.2 Å². The zero-order valence-electron chi connectivity index (χ0n) is 16.9. The van der Waals surface area contributed by atoms with Gasteiger partial charge in [-0.25, -0.2) is 0 Å². The minimum atomic E-state index is -4.17. The number of guanidine groups is 1. The van der Waals surface area contributed by atoms with Crippen molar-refractivity contribution in [3.63, 3.8) is 0 Å². The van der Waals surface area contributed by atoms with Crippen molar-refractivity contribution >= 4 is 5.96 Å². The molecule has 2 aliphatic heterocycles. The van der Waals surface area contributed by atoms with Gasteiger partial charge in [-0.3, -0.25) is 9.89 Å². The van der Waals surface area contributed by atoms with Gasteiger partial charge in [-0.15, -0.1) is 0 Å². The van der Waals surface area contributed by atoms with Crippen LogP contribution >= 0.6 is 0 Å². The van der Waals surface area contributed by atoms with E-state index in [1.54, 1.807) is 7.05 Å². The van der Waals surface area contributed by atoms with E-state index in [0.29, 0.717) is 45.2 Å². The highest BCUT2D eigenvalue weighted by Crippen LogP contribution is 2.24. The van der Waals surface area contributed by atoms with Gasteiger partial charge in [0, 0.05) is 44.7 Å². The van der Waals surface area contributed by atoms with Crippen LogP contribution in [0, 0.1) is 6.92 Å². The minimum Gasteiger partial charge on any atom is -0.488 e. The second-order valence-corrected chi connectivity index (χ2v) is 7.62. The quantitative estimate of drug-likeness (QED) is 0.553. The average Bonchev–Trinajstić information content (AvgIpc) is 3.30. The Morgan fingerprint density at radius 3 is 2.86 bits per heavy atom. The van der Waals surface area contributed by atoms with Crippen LogP contribution < -0.4 is 15.4 Å². The summed E-state index contributed by atoms with van der Waals surface area (Å²) in [5, 5.41) is 6.47. The molecule has 29 heavy (non-hydrogen) atoms. The summed E-state index contributed by atoms with van der Waals surface area (Å²) in [7, 11) is 1.65. The Bertz CT molecular complexity index is 705. The van der Waals surface area contributed by atoms with Crippen LogP contribution in [-0.4, -0.2) is 69.1 Å². The molecule has 9 heteroatoms. The third-order valence-electron chi connectivity index (χ3n) is 5.09. The molecule has 2 fully saturated rings. The standard InChI is InChI=1S/C20H29F3N4O2/c1-14-3-4-15(18(9-14)29-17-6-8-28-12-17)10-25-19(24-2)26-16-5-7-27(11-16)13-20(21,22)23/h3-4,9,16-17H,5-8,10-13H2,1-2H3,(H2,24,25,26). The predicted molar refractivity (Wildman–Crippen MR) is 105 cm³/mol. The third kappa shape index (κ3) is 6.78. The summed E-state index contributed by atoms with van der Waals surface area (Å²) < 4.78 is 49.2. The van der Waals surface area contributed by atoms with Crippen molar-refractivity contribution in [3.8, 4) is 5.75 Å². The van der Waals surface area contributed by atoms with Gasteiger partial charge in [0.25, 0.3) is 0 Å². The molecular formula is C20H29F3N4O2. The fourth-order valence-corrected chi connectivity index (χ4v) is 3.62. The van der Waals surface area contributed by atoms with Crippen LogP contribution in [0.2, 0.25) is 0 Å². The fraction of sp³-hybridized carbons (Fsp3) is 0.650. The molecule has 0 bridgehead atoms. The summed E-state index contributed by atoms with van der Waals surface area (Å²) >= 11 is 0. The van der Waals surface area contributed by atoms with Gasteiger partial charge in [-0.05, 0) is 25.0 Å². The molecule has 0 radical (unpaired) electrons. The zero-order valence-corrected chi connectivity index (χ0v) is 16.9. The first-order chi connectivity index (χ1) is 13.8. The Hall–Kier alpha value is -2.00. The number of rotatable bonds is 6. The van der Waals surface area contributed by atoms with E-state index in [-0.39, 0.29) is 12.1 Å². The van der Waals surface area contributed by atoms with Crippen molar-refractivity contribution in [2.24, 2.45) is 4.99 Å². The van der Waals surface area contributed by atoms with E-state index in [1.807, 2.05) is 25.1 Å². The molecule has 3 rings (SSSR count). The molecule has 6 nitrogen and oxygen atoms in total. The van der Waals surface area contributed by atoms with Crippen molar-refractivity contribution in [1.29, 1.82) is 0 Å². The van der Waals surface area contributed by atoms with E-state index in [2.05, 4.69) is 15.6 Å². The van der Waals surface area contributed by atoms with E-state index in [1.165, 1.54) is 4.90 Å². The largest absolute Gasteiger partial charge is 0.488 e. The van der Waals surface area contributed by atoms with Crippen LogP contribution in [0.5, 0.6) is 5.75 Å². The zero-order chi connectivity index (χ0) is 20.9. The van der Waals surface area contributed by atoms with Gasteiger partial charge in [0.15, 0.2) is 5.96 Å². The first-order valence-corrected chi connectivity index (χ1v) is 9.92. The minimum absolute atomic E-state index is 0.0612. The van der Waals surface area contributed by atoms with Gasteiger partial charge in [0.05, 0.1) is 19.8 Å². The molecule has 2 saturated heterocycles. The summed E-state index contributed by atoms with van der Waals surface area (Å²) in [5.74, 6) is 1.39. The number of aliphatic imine (C=N–C) groups is 1. The van der Waals surface area contributed by atoms with Crippen molar-refractivity contribution in [2.45, 2.75) is 44.6 Å². The van der Waals surface area contributed by atoms with Crippen molar-refractivity contribution in [2.75, 3.05) is 39.9 Å². The molecule has 0 saturated carbocycles. The van der Waals surface area contributed by atoms with Gasteiger partial charge in [-0.1, -0.05) is 12.1 Å². The van der Waals surface area contributed by atoms with E-state index in [4.69, 9.17) is 9.47 Å². The maximum atomic E-state index is 12.6. The number of alkyl halides is 3. The van der Waals surface area contributed by atoms with Gasteiger partial charge >= 0.3 is 6.18 Å². The Kier molecular flexibility index (Phi) is 7.23. The molecule has 2 unspecified atom stereocenters. The highest BCUT2D eigenvalue weighted by atomic mass is 19.4. The molecular weight excluding hydrogens is 385 g/mol. The molecule has 0 spiro atoms. The Balaban J connectivity index is 1.53. The molecule has 2 heterocycles. The lowest BCUT2D eigenvalue weighted by atomic mass is 10.1. The van der Waals surface area contributed by atoms with E-state index in [0.717, 1.165) is 23.3 Å². The second kappa shape index (κ2) is 9.67. The summed E-state index contributed by atoms with van der Waals surface area (Å²) in [4.78, 5) is 5.63. The van der Waals surface area contributed by atoms with Crippen molar-refractivity contribution in [3.05, 3.63) is 29.3 Å². The predicted octanol–water partition coefficient (Wildman–Crippen LogP) is 2.46. The molecule has 2 N–H and O–H groups in total. The highest BCUT2D eigenvalue weighted by Gasteiger charge is 2.34. The highest BCUT2D eigenvalue weighted by molar-refractivity contribution is 5.80. The van der Waals surface area contributed by atoms with Crippen LogP contribution in [0.15, 0.2) is 23.2 Å². The van der Waals surface area contributed by atoms with Crippen LogP contribution in [-0.2, 0) is 11.3 Å². The van der Waals surface area contributed by atoms with E-state index >= 15 is 0 Å². The topological polar surface area (TPSA) is 58.1 Å². The number of nitrogens with zero attached hydrogens (tertiary/aromatic N) is 2. The first-order valence-electron chi connectivity index (χ1n) is 9.92. The Labute approximate surface area is 169 Å². The lowest BCUT2D eigenvalue weighted by molar-refractivity contribution is -0.143. The van der Waals surface area contributed by atoms with Gasteiger partial charge < -0.3 is 20.1 Å². The van der Waals surface area contributed by atoms with Crippen LogP contribution in [0.1, 0.15) is 24.0 Å².